The van der Waals surface area contributed by atoms with Crippen LogP contribution >= 0.6 is 0 Å². The molecule has 1 aliphatic heterocycles. The van der Waals surface area contributed by atoms with Gasteiger partial charge in [-0.15, -0.1) is 0 Å². The lowest BCUT2D eigenvalue weighted by Gasteiger charge is -2.28. The molecule has 0 aromatic heterocycles. The fraction of sp³-hybridized carbons (Fsp3) is 0.400. The van der Waals surface area contributed by atoms with Crippen molar-refractivity contribution in [2.45, 2.75) is 19.6 Å². The Labute approximate surface area is 124 Å². The van der Waals surface area contributed by atoms with E-state index in [9.17, 15) is 9.59 Å². The van der Waals surface area contributed by atoms with E-state index in [4.69, 9.17) is 10.00 Å². The van der Waals surface area contributed by atoms with Crippen LogP contribution in [-0.4, -0.2) is 43.7 Å². The second-order valence-electron chi connectivity index (χ2n) is 5.22. The summed E-state index contributed by atoms with van der Waals surface area (Å²) in [6.07, 6.45) is 1.45. The van der Waals surface area contributed by atoms with Gasteiger partial charge in [0.1, 0.15) is 0 Å². The third kappa shape index (κ3) is 3.25. The zero-order chi connectivity index (χ0) is 15.4. The molecule has 0 bridgehead atoms. The fourth-order valence-corrected chi connectivity index (χ4v) is 2.53. The molecular formula is C15H17BN2O3. The lowest BCUT2D eigenvalue weighted by atomic mass is 9.45. The van der Waals surface area contributed by atoms with Gasteiger partial charge in [0.15, 0.2) is 0 Å². The zero-order valence-corrected chi connectivity index (χ0v) is 12.3. The number of ether oxygens (including phenoxy) is 1. The first-order chi connectivity index (χ1) is 10.1. The topological polar surface area (TPSA) is 70.4 Å². The highest BCUT2D eigenvalue weighted by Crippen LogP contribution is 2.17. The number of hydrogen-bond donors (Lipinski definition) is 0. The number of nitrogens with zero attached hydrogens (tertiary/aromatic N) is 2. The largest absolute Gasteiger partial charge is 0.465 e. The first kappa shape index (κ1) is 15.1. The third-order valence-electron chi connectivity index (χ3n) is 3.84. The smallest absolute Gasteiger partial charge is 0.338 e. The molecule has 0 aliphatic carbocycles. The van der Waals surface area contributed by atoms with Crippen LogP contribution in [0.4, 0.5) is 0 Å². The molecule has 1 amide bonds. The molecule has 1 aliphatic rings. The van der Waals surface area contributed by atoms with Gasteiger partial charge in [-0.05, 0) is 43.3 Å². The summed E-state index contributed by atoms with van der Waals surface area (Å²) in [4.78, 5) is 25.7. The summed E-state index contributed by atoms with van der Waals surface area (Å²) in [6.45, 7) is 3.05. The Bertz CT molecular complexity index is 601. The normalized spacial score (nSPS) is 14.5. The first-order valence-electron chi connectivity index (χ1n) is 6.94. The number of carbonyl (C=O) groups is 2. The highest BCUT2D eigenvalue weighted by Gasteiger charge is 2.26. The van der Waals surface area contributed by atoms with Crippen LogP contribution in [-0.2, 0) is 4.74 Å². The van der Waals surface area contributed by atoms with Crippen molar-refractivity contribution in [1.82, 2.24) is 4.90 Å². The minimum atomic E-state index is -0.402. The van der Waals surface area contributed by atoms with Gasteiger partial charge in [0, 0.05) is 24.6 Å². The Morgan fingerprint density at radius 1 is 1.33 bits per heavy atom. The van der Waals surface area contributed by atoms with Crippen molar-refractivity contribution in [3.05, 3.63) is 34.9 Å². The van der Waals surface area contributed by atoms with Crippen molar-refractivity contribution in [2.75, 3.05) is 20.2 Å². The summed E-state index contributed by atoms with van der Waals surface area (Å²) in [5, 5.41) is 8.88. The molecule has 1 saturated heterocycles. The van der Waals surface area contributed by atoms with Gasteiger partial charge in [-0.3, -0.25) is 4.79 Å². The number of esters is 1. The summed E-state index contributed by atoms with van der Waals surface area (Å²) in [7, 11) is 1.33. The van der Waals surface area contributed by atoms with E-state index in [0.717, 1.165) is 18.2 Å². The van der Waals surface area contributed by atoms with Gasteiger partial charge < -0.3 is 9.64 Å². The monoisotopic (exact) mass is 284 g/mol. The number of rotatable bonds is 2. The van der Waals surface area contributed by atoms with E-state index in [1.54, 1.807) is 30.0 Å². The molecule has 0 radical (unpaired) electrons. The number of aryl methyl sites for hydroxylation is 1. The van der Waals surface area contributed by atoms with Gasteiger partial charge in [0.05, 0.1) is 12.7 Å². The van der Waals surface area contributed by atoms with Crippen molar-refractivity contribution in [2.24, 2.45) is 0 Å². The number of amides is 1. The summed E-state index contributed by atoms with van der Waals surface area (Å²) in [5.74, 6) is 1.80. The molecule has 5 nitrogen and oxygen atoms in total. The van der Waals surface area contributed by atoms with E-state index in [0.29, 0.717) is 24.2 Å². The number of methoxy groups -OCH3 is 1. The first-order valence-corrected chi connectivity index (χ1v) is 6.94. The Morgan fingerprint density at radius 3 is 2.52 bits per heavy atom. The highest BCUT2D eigenvalue weighted by molar-refractivity contribution is 6.67. The van der Waals surface area contributed by atoms with Gasteiger partial charge in [0.25, 0.3) is 12.6 Å². The van der Waals surface area contributed by atoms with E-state index in [-0.39, 0.29) is 12.6 Å². The molecule has 0 spiro atoms. The van der Waals surface area contributed by atoms with E-state index < -0.39 is 5.97 Å². The minimum Gasteiger partial charge on any atom is -0.465 e. The highest BCUT2D eigenvalue weighted by atomic mass is 16.5. The lowest BCUT2D eigenvalue weighted by molar-refractivity contribution is 0.0599. The zero-order valence-electron chi connectivity index (χ0n) is 12.3. The quantitative estimate of drug-likeness (QED) is 0.613. The standard InChI is InChI=1S/C15H17BN2O3/c1-11-9-12(3-4-13(11)15(20)21-2)14(19)18-7-5-16(10-17)6-8-18/h3-4,9H,5-8H2,1-2H3. The molecule has 1 fully saturated rings. The van der Waals surface area contributed by atoms with Crippen LogP contribution in [0.2, 0.25) is 12.6 Å². The Kier molecular flexibility index (Phi) is 4.64. The fourth-order valence-electron chi connectivity index (χ4n) is 2.53. The maximum Gasteiger partial charge on any atom is 0.338 e. The maximum atomic E-state index is 12.4. The van der Waals surface area contributed by atoms with Crippen molar-refractivity contribution < 1.29 is 14.3 Å². The van der Waals surface area contributed by atoms with Gasteiger partial charge in [-0.25, -0.2) is 10.1 Å². The van der Waals surface area contributed by atoms with Crippen LogP contribution in [0.15, 0.2) is 18.2 Å². The number of hydrogen-bond acceptors (Lipinski definition) is 4. The molecule has 1 heterocycles. The van der Waals surface area contributed by atoms with E-state index >= 15 is 0 Å². The molecule has 2 rings (SSSR count). The molecule has 0 N–H and O–H groups in total. The van der Waals surface area contributed by atoms with Crippen molar-refractivity contribution in [1.29, 1.82) is 5.26 Å². The minimum absolute atomic E-state index is 0.0501. The van der Waals surface area contributed by atoms with Crippen LogP contribution in [0, 0.1) is 18.2 Å². The summed E-state index contributed by atoms with van der Waals surface area (Å²) in [5.41, 5.74) is 1.76. The number of carbonyl (C=O) groups excluding carboxylic acids is 2. The van der Waals surface area contributed by atoms with Crippen molar-refractivity contribution in [3.8, 4) is 5.97 Å². The molecule has 0 unspecified atom stereocenters. The Balaban J connectivity index is 2.12. The summed E-state index contributed by atoms with van der Waals surface area (Å²) < 4.78 is 4.69. The molecule has 1 aromatic rings. The predicted octanol–water partition coefficient (Wildman–Crippen LogP) is 1.79. The molecule has 0 saturated carbocycles. The number of benzene rings is 1. The predicted molar refractivity (Wildman–Crippen MR) is 79.4 cm³/mol. The third-order valence-corrected chi connectivity index (χ3v) is 3.84. The average Bonchev–Trinajstić information content (AvgIpc) is 2.53. The van der Waals surface area contributed by atoms with Gasteiger partial charge in [-0.2, -0.15) is 0 Å². The van der Waals surface area contributed by atoms with Crippen LogP contribution < -0.4 is 0 Å². The van der Waals surface area contributed by atoms with Gasteiger partial charge in [-0.1, -0.05) is 0 Å². The second-order valence-corrected chi connectivity index (χ2v) is 5.22. The summed E-state index contributed by atoms with van der Waals surface area (Å²) >= 11 is 0. The molecule has 1 aromatic carbocycles. The molecule has 6 heteroatoms. The average molecular weight is 284 g/mol. The maximum absolute atomic E-state index is 12.4. The Morgan fingerprint density at radius 2 is 2.00 bits per heavy atom. The lowest BCUT2D eigenvalue weighted by Crippen LogP contribution is -2.40. The van der Waals surface area contributed by atoms with Crippen molar-refractivity contribution >= 4 is 18.6 Å². The SMILES string of the molecule is COC(=O)c1ccc(C(=O)N2CCB(C#N)CC2)cc1C. The van der Waals surface area contributed by atoms with Gasteiger partial charge >= 0.3 is 5.97 Å². The van der Waals surface area contributed by atoms with Crippen LogP contribution in [0.3, 0.4) is 0 Å². The van der Waals surface area contributed by atoms with Crippen LogP contribution in [0.5, 0.6) is 0 Å². The molecular weight excluding hydrogens is 267 g/mol. The summed E-state index contributed by atoms with van der Waals surface area (Å²) in [6, 6.07) is 4.99. The van der Waals surface area contributed by atoms with Crippen molar-refractivity contribution in [3.63, 3.8) is 0 Å². The van der Waals surface area contributed by atoms with Crippen LogP contribution in [0.1, 0.15) is 26.3 Å². The van der Waals surface area contributed by atoms with E-state index in [1.165, 1.54) is 7.11 Å². The Hall–Kier alpha value is -2.29. The second kappa shape index (κ2) is 6.44. The van der Waals surface area contributed by atoms with Gasteiger partial charge in [0.2, 0.25) is 0 Å². The molecule has 21 heavy (non-hydrogen) atoms. The van der Waals surface area contributed by atoms with Crippen LogP contribution in [0.25, 0.3) is 0 Å². The number of nitriles is 1. The van der Waals surface area contributed by atoms with E-state index in [2.05, 4.69) is 5.97 Å². The van der Waals surface area contributed by atoms with E-state index in [1.807, 2.05) is 0 Å². The molecule has 0 atom stereocenters. The molecule has 108 valence electrons.